The van der Waals surface area contributed by atoms with Crippen molar-refractivity contribution >= 4 is 50.4 Å². The van der Waals surface area contributed by atoms with E-state index in [2.05, 4.69) is 25.6 Å². The summed E-state index contributed by atoms with van der Waals surface area (Å²) < 4.78 is 57.0. The largest absolute Gasteiger partial charge is 0.350 e. The van der Waals surface area contributed by atoms with Gasteiger partial charge in [-0.15, -0.1) is 0 Å². The van der Waals surface area contributed by atoms with Crippen LogP contribution in [0.15, 0.2) is 47.5 Å². The topological polar surface area (TPSA) is 105 Å². The number of hydrogen-bond donors (Lipinski definition) is 2. The Morgan fingerprint density at radius 1 is 1.14 bits per heavy atom. The second kappa shape index (κ2) is 9.84. The Morgan fingerprint density at radius 3 is 2.62 bits per heavy atom. The van der Waals surface area contributed by atoms with Gasteiger partial charge in [-0.2, -0.15) is 9.29 Å². The maximum atomic E-state index is 14.2. The Bertz CT molecular complexity index is 1560. The Hall–Kier alpha value is -3.35. The van der Waals surface area contributed by atoms with Crippen LogP contribution in [0, 0.1) is 18.6 Å². The summed E-state index contributed by atoms with van der Waals surface area (Å²) in [5.41, 5.74) is 1.79. The van der Waals surface area contributed by atoms with Crippen molar-refractivity contribution in [2.45, 2.75) is 30.7 Å². The number of nitrogens with one attached hydrogen (secondary N) is 2. The monoisotopic (exact) mass is 547 g/mol. The normalized spacial score (nSPS) is 16.7. The Morgan fingerprint density at radius 2 is 1.89 bits per heavy atom. The van der Waals surface area contributed by atoms with Crippen LogP contribution in [0.5, 0.6) is 0 Å². The molecule has 4 aromatic rings. The van der Waals surface area contributed by atoms with Gasteiger partial charge in [-0.05, 0) is 38.0 Å². The fourth-order valence-electron chi connectivity index (χ4n) is 4.26. The lowest BCUT2D eigenvalue weighted by Gasteiger charge is -2.32. The van der Waals surface area contributed by atoms with Crippen LogP contribution in [0.2, 0.25) is 5.02 Å². The first-order valence-electron chi connectivity index (χ1n) is 11.6. The molecule has 0 unspecified atom stereocenters. The average molecular weight is 548 g/mol. The highest BCUT2D eigenvalue weighted by Gasteiger charge is 2.30. The first-order valence-corrected chi connectivity index (χ1v) is 13.4. The lowest BCUT2D eigenvalue weighted by atomic mass is 10.1. The molecular weight excluding hydrogens is 524 g/mol. The number of imidazole rings is 1. The summed E-state index contributed by atoms with van der Waals surface area (Å²) in [5.74, 6) is -1.09. The van der Waals surface area contributed by atoms with E-state index in [0.717, 1.165) is 24.1 Å². The van der Waals surface area contributed by atoms with Gasteiger partial charge in [0.15, 0.2) is 11.5 Å². The minimum atomic E-state index is -3.62. The predicted octanol–water partition coefficient (Wildman–Crippen LogP) is 4.61. The number of benzene rings is 2. The fraction of sp³-hybridized carbons (Fsp3) is 0.292. The van der Waals surface area contributed by atoms with Gasteiger partial charge in [0.05, 0.1) is 21.8 Å². The zero-order valence-corrected chi connectivity index (χ0v) is 21.6. The van der Waals surface area contributed by atoms with E-state index >= 15 is 0 Å². The van der Waals surface area contributed by atoms with Crippen LogP contribution in [0.3, 0.4) is 0 Å². The third-order valence-corrected chi connectivity index (χ3v) is 8.41. The van der Waals surface area contributed by atoms with E-state index in [1.807, 2.05) is 6.92 Å². The summed E-state index contributed by atoms with van der Waals surface area (Å²) in [5, 5.41) is 5.89. The molecule has 13 heteroatoms. The van der Waals surface area contributed by atoms with Gasteiger partial charge in [0.1, 0.15) is 11.3 Å². The lowest BCUT2D eigenvalue weighted by molar-refractivity contribution is 0.326. The number of aromatic nitrogens is 4. The van der Waals surface area contributed by atoms with E-state index in [0.29, 0.717) is 30.1 Å². The molecule has 0 aliphatic carbocycles. The van der Waals surface area contributed by atoms with Gasteiger partial charge >= 0.3 is 0 Å². The van der Waals surface area contributed by atoms with Gasteiger partial charge in [0.2, 0.25) is 21.9 Å². The van der Waals surface area contributed by atoms with Gasteiger partial charge in [0, 0.05) is 32.2 Å². The zero-order valence-electron chi connectivity index (χ0n) is 20.0. The van der Waals surface area contributed by atoms with Crippen molar-refractivity contribution < 1.29 is 17.2 Å². The predicted molar refractivity (Wildman–Crippen MR) is 138 cm³/mol. The average Bonchev–Trinajstić information content (AvgIpc) is 3.16. The number of fused-ring (bicyclic) bond motifs is 1. The summed E-state index contributed by atoms with van der Waals surface area (Å²) in [6.07, 6.45) is 2.96. The number of anilines is 3. The third-order valence-electron chi connectivity index (χ3n) is 6.23. The first kappa shape index (κ1) is 25.3. The van der Waals surface area contributed by atoms with Crippen molar-refractivity contribution in [3.63, 3.8) is 0 Å². The highest BCUT2D eigenvalue weighted by molar-refractivity contribution is 7.89. The molecule has 5 rings (SSSR count). The number of nitrogens with zero attached hydrogens (tertiary/aromatic N) is 5. The molecule has 37 heavy (non-hydrogen) atoms. The Balaban J connectivity index is 1.34. The van der Waals surface area contributed by atoms with Crippen LogP contribution in [-0.2, 0) is 17.1 Å². The van der Waals surface area contributed by atoms with Gasteiger partial charge < -0.3 is 10.6 Å². The summed E-state index contributed by atoms with van der Waals surface area (Å²) in [6, 6.07) is 8.35. The number of sulfonamides is 1. The highest BCUT2D eigenvalue weighted by Crippen LogP contribution is 2.30. The minimum absolute atomic E-state index is 0.107. The smallest absolute Gasteiger partial charge is 0.243 e. The molecule has 1 fully saturated rings. The number of piperidine rings is 1. The molecule has 9 nitrogen and oxygen atoms in total. The molecule has 194 valence electrons. The van der Waals surface area contributed by atoms with Crippen molar-refractivity contribution in [2.75, 3.05) is 23.7 Å². The second-order valence-corrected chi connectivity index (χ2v) is 11.3. The summed E-state index contributed by atoms with van der Waals surface area (Å²) in [4.78, 5) is 13.5. The molecule has 1 aliphatic heterocycles. The van der Waals surface area contributed by atoms with E-state index in [-0.39, 0.29) is 34.1 Å². The van der Waals surface area contributed by atoms with Crippen LogP contribution < -0.4 is 10.6 Å². The van der Waals surface area contributed by atoms with Gasteiger partial charge in [0.25, 0.3) is 0 Å². The van der Waals surface area contributed by atoms with E-state index in [1.165, 1.54) is 10.5 Å². The van der Waals surface area contributed by atoms with Crippen LogP contribution in [-0.4, -0.2) is 51.4 Å². The number of hydrogen-bond acceptors (Lipinski definition) is 7. The highest BCUT2D eigenvalue weighted by atomic mass is 35.5. The van der Waals surface area contributed by atoms with E-state index in [9.17, 15) is 17.2 Å². The molecule has 3 heterocycles. The molecule has 0 radical (unpaired) electrons. The van der Waals surface area contributed by atoms with Crippen molar-refractivity contribution in [3.05, 3.63) is 64.8 Å². The molecule has 1 saturated heterocycles. The standard InChI is InChI=1S/C24H24ClF2N7O2S/c1-14-5-7-17(8-6-14)37(35,36)34-9-3-4-16(13-34)29-23-28-12-20-22(32-23)33(2)24(30-20)31-21-18(25)10-15(26)11-19(21)27/h5-8,10-12,16H,3-4,9,13H2,1-2H3,(H,30,31)(H,28,29,32)/t16-/m1/s1. The Labute approximate surface area is 217 Å². The zero-order chi connectivity index (χ0) is 26.3. The van der Waals surface area contributed by atoms with Gasteiger partial charge in [-0.25, -0.2) is 27.2 Å². The quantitative estimate of drug-likeness (QED) is 0.363. The van der Waals surface area contributed by atoms with Crippen molar-refractivity contribution in [1.82, 2.24) is 23.8 Å². The fourth-order valence-corrected chi connectivity index (χ4v) is 6.02. The van der Waals surface area contributed by atoms with Gasteiger partial charge in [-0.1, -0.05) is 29.3 Å². The van der Waals surface area contributed by atoms with Crippen molar-refractivity contribution in [3.8, 4) is 0 Å². The minimum Gasteiger partial charge on any atom is -0.350 e. The van der Waals surface area contributed by atoms with E-state index in [1.54, 1.807) is 35.9 Å². The molecule has 1 aliphatic rings. The molecule has 0 spiro atoms. The molecule has 2 aromatic heterocycles. The van der Waals surface area contributed by atoms with Crippen LogP contribution >= 0.6 is 11.6 Å². The first-order chi connectivity index (χ1) is 17.6. The van der Waals surface area contributed by atoms with Gasteiger partial charge in [-0.3, -0.25) is 4.57 Å². The number of rotatable bonds is 6. The third kappa shape index (κ3) is 5.09. The second-order valence-electron chi connectivity index (χ2n) is 8.93. The summed E-state index contributed by atoms with van der Waals surface area (Å²) >= 11 is 5.99. The molecule has 2 N–H and O–H groups in total. The molecule has 0 saturated carbocycles. The summed E-state index contributed by atoms with van der Waals surface area (Å²) in [6.45, 7) is 2.62. The maximum absolute atomic E-state index is 14.2. The molecular formula is C24H24ClF2N7O2S. The molecule has 2 aromatic carbocycles. The van der Waals surface area contributed by atoms with Crippen LogP contribution in [0.1, 0.15) is 18.4 Å². The van der Waals surface area contributed by atoms with Crippen LogP contribution in [0.25, 0.3) is 11.2 Å². The van der Waals surface area contributed by atoms with E-state index in [4.69, 9.17) is 11.6 Å². The molecule has 0 amide bonds. The number of halogens is 3. The molecule has 0 bridgehead atoms. The van der Waals surface area contributed by atoms with Crippen molar-refractivity contribution in [2.24, 2.45) is 7.05 Å². The summed E-state index contributed by atoms with van der Waals surface area (Å²) in [7, 11) is -1.94. The SMILES string of the molecule is Cc1ccc(S(=O)(=O)N2CCC[C@@H](Nc3ncc4nc(Nc5c(F)cc(F)cc5Cl)n(C)c4n3)C2)cc1. The van der Waals surface area contributed by atoms with Crippen molar-refractivity contribution in [1.29, 1.82) is 0 Å². The van der Waals surface area contributed by atoms with E-state index < -0.39 is 21.7 Å². The van der Waals surface area contributed by atoms with Crippen LogP contribution in [0.4, 0.5) is 26.4 Å². The maximum Gasteiger partial charge on any atom is 0.243 e. The molecule has 1 atom stereocenters. The Kier molecular flexibility index (Phi) is 6.73. The number of aryl methyl sites for hydroxylation is 2. The lowest BCUT2D eigenvalue weighted by Crippen LogP contribution is -2.45.